The van der Waals surface area contributed by atoms with E-state index in [1.54, 1.807) is 18.3 Å². The second-order valence-electron chi connectivity index (χ2n) is 6.85. The van der Waals surface area contributed by atoms with Crippen LogP contribution in [-0.4, -0.2) is 28.9 Å². The number of likely N-dealkylation sites (tertiary alicyclic amines) is 1. The summed E-state index contributed by atoms with van der Waals surface area (Å²) < 4.78 is 0.468. The third kappa shape index (κ3) is 4.77. The molecule has 1 atom stereocenters. The lowest BCUT2D eigenvalue weighted by Crippen LogP contribution is -2.34. The Morgan fingerprint density at radius 3 is 2.84 bits per heavy atom. The molecule has 1 aromatic carbocycles. The van der Waals surface area contributed by atoms with E-state index in [0.29, 0.717) is 16.7 Å². The zero-order valence-corrected chi connectivity index (χ0v) is 15.4. The molecular formula is C20H25N3OS. The maximum atomic E-state index is 12.4. The molecule has 1 aromatic heterocycles. The van der Waals surface area contributed by atoms with Gasteiger partial charge in [-0.05, 0) is 48.6 Å². The Balaban J connectivity index is 1.66. The molecule has 0 saturated carbocycles. The van der Waals surface area contributed by atoms with Gasteiger partial charge in [-0.25, -0.2) is 0 Å². The molecule has 1 amide bonds. The first-order chi connectivity index (χ1) is 12.1. The Morgan fingerprint density at radius 2 is 2.08 bits per heavy atom. The van der Waals surface area contributed by atoms with Gasteiger partial charge in [-0.1, -0.05) is 43.4 Å². The van der Waals surface area contributed by atoms with E-state index >= 15 is 0 Å². The predicted octanol–water partition coefficient (Wildman–Crippen LogP) is 3.91. The number of carbonyl (C=O) groups is 1. The van der Waals surface area contributed by atoms with Crippen molar-refractivity contribution in [2.24, 2.45) is 5.92 Å². The minimum absolute atomic E-state index is 0.136. The van der Waals surface area contributed by atoms with E-state index < -0.39 is 0 Å². The molecule has 0 spiro atoms. The molecular weight excluding hydrogens is 330 g/mol. The Labute approximate surface area is 154 Å². The number of amides is 1. The molecule has 1 saturated heterocycles. The molecule has 1 aliphatic rings. The standard InChI is InChI=1S/C20H25N3OS/c1-15-6-5-11-23(13-15)14-17-8-3-2-7-16(17)12-22-19(24)18-9-4-10-21-20(18)25/h2-4,7-10,15H,5-6,11-14H2,1H3,(H,21,25)(H,22,24)/t15-/m1/s1. The van der Waals surface area contributed by atoms with Crippen LogP contribution in [0.3, 0.4) is 0 Å². The number of benzene rings is 1. The molecule has 0 radical (unpaired) electrons. The lowest BCUT2D eigenvalue weighted by atomic mass is 9.99. The van der Waals surface area contributed by atoms with Crippen LogP contribution < -0.4 is 5.32 Å². The Bertz CT molecular complexity index is 786. The average Bonchev–Trinajstić information content (AvgIpc) is 2.61. The zero-order valence-electron chi connectivity index (χ0n) is 14.6. The summed E-state index contributed by atoms with van der Waals surface area (Å²) in [5.74, 6) is 0.628. The van der Waals surface area contributed by atoms with Crippen molar-refractivity contribution in [2.75, 3.05) is 13.1 Å². The quantitative estimate of drug-likeness (QED) is 0.800. The van der Waals surface area contributed by atoms with Crippen LogP contribution in [0.15, 0.2) is 42.6 Å². The van der Waals surface area contributed by atoms with Crippen molar-refractivity contribution in [3.8, 4) is 0 Å². The van der Waals surface area contributed by atoms with Gasteiger partial charge in [0.05, 0.1) is 5.56 Å². The SMILES string of the molecule is C[C@@H]1CCCN(Cc2ccccc2CNC(=O)c2ccc[nH]c2=S)C1. The number of nitrogens with zero attached hydrogens (tertiary/aromatic N) is 1. The van der Waals surface area contributed by atoms with Gasteiger partial charge in [-0.15, -0.1) is 0 Å². The number of aromatic amines is 1. The van der Waals surface area contributed by atoms with E-state index in [0.717, 1.165) is 25.6 Å². The van der Waals surface area contributed by atoms with Crippen molar-refractivity contribution in [1.29, 1.82) is 0 Å². The molecule has 1 fully saturated rings. The Kier molecular flexibility index (Phi) is 6.00. The molecule has 3 rings (SSSR count). The van der Waals surface area contributed by atoms with E-state index in [9.17, 15) is 4.79 Å². The summed E-state index contributed by atoms with van der Waals surface area (Å²) in [5, 5.41) is 3.00. The van der Waals surface area contributed by atoms with Gasteiger partial charge >= 0.3 is 0 Å². The monoisotopic (exact) mass is 355 g/mol. The highest BCUT2D eigenvalue weighted by molar-refractivity contribution is 7.71. The van der Waals surface area contributed by atoms with Crippen LogP contribution in [0.25, 0.3) is 0 Å². The van der Waals surface area contributed by atoms with Gasteiger partial charge in [0.1, 0.15) is 4.64 Å². The van der Waals surface area contributed by atoms with Gasteiger partial charge in [0.15, 0.2) is 0 Å². The van der Waals surface area contributed by atoms with Crippen molar-refractivity contribution < 1.29 is 4.79 Å². The van der Waals surface area contributed by atoms with Crippen molar-refractivity contribution in [2.45, 2.75) is 32.9 Å². The largest absolute Gasteiger partial charge is 0.352 e. The Hall–Kier alpha value is -1.98. The molecule has 4 nitrogen and oxygen atoms in total. The number of pyridine rings is 1. The third-order valence-electron chi connectivity index (χ3n) is 4.76. The second kappa shape index (κ2) is 8.41. The molecule has 132 valence electrons. The van der Waals surface area contributed by atoms with Gasteiger partial charge < -0.3 is 10.3 Å². The van der Waals surface area contributed by atoms with Gasteiger partial charge in [-0.2, -0.15) is 0 Å². The summed E-state index contributed by atoms with van der Waals surface area (Å²) in [5.41, 5.74) is 2.97. The van der Waals surface area contributed by atoms with Crippen molar-refractivity contribution in [1.82, 2.24) is 15.2 Å². The van der Waals surface area contributed by atoms with Crippen molar-refractivity contribution >= 4 is 18.1 Å². The number of H-pyrrole nitrogens is 1. The zero-order chi connectivity index (χ0) is 17.6. The van der Waals surface area contributed by atoms with Crippen LogP contribution in [-0.2, 0) is 13.1 Å². The first-order valence-corrected chi connectivity index (χ1v) is 9.29. The highest BCUT2D eigenvalue weighted by Crippen LogP contribution is 2.19. The highest BCUT2D eigenvalue weighted by atomic mass is 32.1. The van der Waals surface area contributed by atoms with Crippen LogP contribution in [0, 0.1) is 10.6 Å². The fraction of sp³-hybridized carbons (Fsp3) is 0.400. The second-order valence-corrected chi connectivity index (χ2v) is 7.26. The van der Waals surface area contributed by atoms with E-state index in [4.69, 9.17) is 12.2 Å². The maximum absolute atomic E-state index is 12.4. The minimum Gasteiger partial charge on any atom is -0.352 e. The number of carbonyl (C=O) groups excluding carboxylic acids is 1. The number of nitrogens with one attached hydrogen (secondary N) is 2. The normalized spacial score (nSPS) is 18.0. The van der Waals surface area contributed by atoms with Crippen molar-refractivity contribution in [3.05, 3.63) is 63.9 Å². The first kappa shape index (κ1) is 17.8. The Morgan fingerprint density at radius 1 is 1.28 bits per heavy atom. The van der Waals surface area contributed by atoms with Gasteiger partial charge in [0.2, 0.25) is 0 Å². The molecule has 2 heterocycles. The smallest absolute Gasteiger partial charge is 0.254 e. The highest BCUT2D eigenvalue weighted by Gasteiger charge is 2.17. The number of aromatic nitrogens is 1. The van der Waals surface area contributed by atoms with Crippen LogP contribution in [0.4, 0.5) is 0 Å². The molecule has 0 unspecified atom stereocenters. The third-order valence-corrected chi connectivity index (χ3v) is 5.09. The number of rotatable bonds is 5. The van der Waals surface area contributed by atoms with E-state index in [1.165, 1.54) is 24.0 Å². The summed E-state index contributed by atoms with van der Waals surface area (Å²) in [6, 6.07) is 11.9. The summed E-state index contributed by atoms with van der Waals surface area (Å²) in [6.45, 7) is 6.09. The van der Waals surface area contributed by atoms with Crippen LogP contribution in [0.2, 0.25) is 0 Å². The number of hydrogen-bond acceptors (Lipinski definition) is 3. The van der Waals surface area contributed by atoms with E-state index in [2.05, 4.69) is 40.3 Å². The summed E-state index contributed by atoms with van der Waals surface area (Å²) in [4.78, 5) is 17.8. The van der Waals surface area contributed by atoms with Gasteiger partial charge in [-0.3, -0.25) is 9.69 Å². The summed E-state index contributed by atoms with van der Waals surface area (Å²) in [7, 11) is 0. The van der Waals surface area contributed by atoms with E-state index in [1.807, 2.05) is 6.07 Å². The predicted molar refractivity (Wildman–Crippen MR) is 103 cm³/mol. The van der Waals surface area contributed by atoms with Crippen molar-refractivity contribution in [3.63, 3.8) is 0 Å². The minimum atomic E-state index is -0.136. The maximum Gasteiger partial charge on any atom is 0.254 e. The lowest BCUT2D eigenvalue weighted by molar-refractivity contribution is 0.0950. The molecule has 2 aromatic rings. The molecule has 0 bridgehead atoms. The molecule has 25 heavy (non-hydrogen) atoms. The fourth-order valence-corrected chi connectivity index (χ4v) is 3.66. The molecule has 1 aliphatic heterocycles. The van der Waals surface area contributed by atoms with Crippen LogP contribution in [0.5, 0.6) is 0 Å². The topological polar surface area (TPSA) is 48.1 Å². The van der Waals surface area contributed by atoms with Crippen LogP contribution in [0.1, 0.15) is 41.3 Å². The molecule has 0 aliphatic carbocycles. The van der Waals surface area contributed by atoms with Gasteiger partial charge in [0, 0.05) is 25.8 Å². The number of piperidine rings is 1. The van der Waals surface area contributed by atoms with E-state index in [-0.39, 0.29) is 5.91 Å². The molecule has 5 heteroatoms. The molecule has 2 N–H and O–H groups in total. The first-order valence-electron chi connectivity index (χ1n) is 8.88. The fourth-order valence-electron chi connectivity index (χ4n) is 3.43. The van der Waals surface area contributed by atoms with Crippen LogP contribution >= 0.6 is 12.2 Å². The van der Waals surface area contributed by atoms with Gasteiger partial charge in [0.25, 0.3) is 5.91 Å². The number of hydrogen-bond donors (Lipinski definition) is 2. The lowest BCUT2D eigenvalue weighted by Gasteiger charge is -2.31. The summed E-state index contributed by atoms with van der Waals surface area (Å²) in [6.07, 6.45) is 4.33. The average molecular weight is 356 g/mol. The summed E-state index contributed by atoms with van der Waals surface area (Å²) >= 11 is 5.18.